The Labute approximate surface area is 120 Å². The number of aryl methyl sites for hydroxylation is 2. The molecule has 0 aromatic carbocycles. The van der Waals surface area contributed by atoms with Crippen molar-refractivity contribution in [1.29, 1.82) is 0 Å². The molecule has 0 aliphatic rings. The predicted molar refractivity (Wildman–Crippen MR) is 77.6 cm³/mol. The first-order chi connectivity index (χ1) is 9.51. The lowest BCUT2D eigenvalue weighted by Crippen LogP contribution is -2.11. The molecular weight excluding hydrogens is 276 g/mol. The van der Waals surface area contributed by atoms with Crippen LogP contribution in [-0.2, 0) is 6.42 Å². The first-order valence-electron chi connectivity index (χ1n) is 6.11. The molecule has 2 aromatic rings. The van der Waals surface area contributed by atoms with Crippen molar-refractivity contribution in [1.82, 2.24) is 4.98 Å². The van der Waals surface area contributed by atoms with Crippen molar-refractivity contribution in [3.63, 3.8) is 0 Å². The molecule has 2 rings (SSSR count). The number of amides is 1. The highest BCUT2D eigenvalue weighted by Gasteiger charge is 2.12. The number of carbonyl (C=O) groups is 2. The molecule has 0 unspecified atom stereocenters. The zero-order valence-electron chi connectivity index (χ0n) is 11.1. The largest absolute Gasteiger partial charge is 0.478 e. The Morgan fingerprint density at radius 3 is 2.65 bits per heavy atom. The molecule has 104 valence electrons. The van der Waals surface area contributed by atoms with Gasteiger partial charge in [-0.25, -0.2) is 9.78 Å². The van der Waals surface area contributed by atoms with Crippen LogP contribution in [0.1, 0.15) is 37.4 Å². The summed E-state index contributed by atoms with van der Waals surface area (Å²) in [7, 11) is 0. The lowest BCUT2D eigenvalue weighted by atomic mass is 10.2. The molecule has 0 bridgehead atoms. The highest BCUT2D eigenvalue weighted by molar-refractivity contribution is 7.14. The molecule has 0 radical (unpaired) electrons. The van der Waals surface area contributed by atoms with Gasteiger partial charge in [-0.3, -0.25) is 4.79 Å². The molecule has 20 heavy (non-hydrogen) atoms. The van der Waals surface area contributed by atoms with E-state index in [-0.39, 0.29) is 11.5 Å². The Kier molecular flexibility index (Phi) is 4.14. The Morgan fingerprint density at radius 1 is 1.40 bits per heavy atom. The summed E-state index contributed by atoms with van der Waals surface area (Å²) in [6, 6.07) is 4.76. The Morgan fingerprint density at radius 2 is 2.15 bits per heavy atom. The summed E-state index contributed by atoms with van der Waals surface area (Å²) in [6.07, 6.45) is 2.11. The summed E-state index contributed by atoms with van der Waals surface area (Å²) in [6.45, 7) is 4.03. The van der Waals surface area contributed by atoms with E-state index in [0.717, 1.165) is 16.9 Å². The molecule has 0 saturated carbocycles. The molecule has 0 spiro atoms. The van der Waals surface area contributed by atoms with Crippen molar-refractivity contribution in [3.05, 3.63) is 45.3 Å². The van der Waals surface area contributed by atoms with E-state index in [1.54, 1.807) is 0 Å². The summed E-state index contributed by atoms with van der Waals surface area (Å²) >= 11 is 1.44. The van der Waals surface area contributed by atoms with Crippen LogP contribution in [0.15, 0.2) is 24.4 Å². The van der Waals surface area contributed by atoms with Gasteiger partial charge in [0.1, 0.15) is 5.82 Å². The maximum absolute atomic E-state index is 12.1. The molecule has 1 amide bonds. The zero-order valence-corrected chi connectivity index (χ0v) is 12.0. The topological polar surface area (TPSA) is 79.3 Å². The normalized spacial score (nSPS) is 10.3. The van der Waals surface area contributed by atoms with E-state index < -0.39 is 5.97 Å². The fraction of sp³-hybridized carbons (Fsp3) is 0.214. The van der Waals surface area contributed by atoms with Crippen LogP contribution in [0.25, 0.3) is 0 Å². The summed E-state index contributed by atoms with van der Waals surface area (Å²) in [5.41, 5.74) is 1.25. The van der Waals surface area contributed by atoms with Crippen molar-refractivity contribution < 1.29 is 14.7 Å². The SMILES string of the molecule is CCc1cc(C(=O)Nc2ccc(C(=O)O)cn2)sc1C. The molecule has 5 nitrogen and oxygen atoms in total. The standard InChI is InChI=1S/C14H14N2O3S/c1-3-9-6-11(20-8(9)2)13(17)16-12-5-4-10(7-15-12)14(18)19/h4-7H,3H2,1-2H3,(H,18,19)(H,15,16,17). The maximum Gasteiger partial charge on any atom is 0.337 e. The minimum Gasteiger partial charge on any atom is -0.478 e. The molecule has 2 aromatic heterocycles. The van der Waals surface area contributed by atoms with Crippen molar-refractivity contribution >= 4 is 29.0 Å². The lowest BCUT2D eigenvalue weighted by molar-refractivity contribution is 0.0696. The number of carbonyl (C=O) groups excluding carboxylic acids is 1. The number of nitrogens with one attached hydrogen (secondary N) is 1. The quantitative estimate of drug-likeness (QED) is 0.907. The van der Waals surface area contributed by atoms with Crippen LogP contribution in [-0.4, -0.2) is 22.0 Å². The van der Waals surface area contributed by atoms with Crippen LogP contribution >= 0.6 is 11.3 Å². The van der Waals surface area contributed by atoms with Crippen LogP contribution in [0.3, 0.4) is 0 Å². The maximum atomic E-state index is 12.1. The number of thiophene rings is 1. The zero-order chi connectivity index (χ0) is 14.7. The van der Waals surface area contributed by atoms with E-state index in [4.69, 9.17) is 5.11 Å². The fourth-order valence-corrected chi connectivity index (χ4v) is 2.76. The van der Waals surface area contributed by atoms with Crippen molar-refractivity contribution in [3.8, 4) is 0 Å². The Bertz CT molecular complexity index is 647. The van der Waals surface area contributed by atoms with E-state index in [0.29, 0.717) is 10.7 Å². The second kappa shape index (κ2) is 5.83. The monoisotopic (exact) mass is 290 g/mol. The predicted octanol–water partition coefficient (Wildman–Crippen LogP) is 2.96. The number of aromatic carboxylic acids is 1. The Hall–Kier alpha value is -2.21. The average Bonchev–Trinajstić information content (AvgIpc) is 2.80. The molecule has 2 heterocycles. The van der Waals surface area contributed by atoms with Crippen molar-refractivity contribution in [2.75, 3.05) is 5.32 Å². The molecule has 0 atom stereocenters. The van der Waals surface area contributed by atoms with Crippen LogP contribution < -0.4 is 5.32 Å². The first-order valence-corrected chi connectivity index (χ1v) is 6.93. The third-order valence-corrected chi connectivity index (χ3v) is 3.97. The minimum atomic E-state index is -1.04. The van der Waals surface area contributed by atoms with Gasteiger partial charge in [0.2, 0.25) is 0 Å². The van der Waals surface area contributed by atoms with Gasteiger partial charge < -0.3 is 10.4 Å². The number of carboxylic acids is 1. The number of anilines is 1. The average molecular weight is 290 g/mol. The smallest absolute Gasteiger partial charge is 0.337 e. The van der Waals surface area contributed by atoms with Gasteiger partial charge in [-0.05, 0) is 37.1 Å². The first kappa shape index (κ1) is 14.2. The molecule has 0 saturated heterocycles. The van der Waals surface area contributed by atoms with Crippen LogP contribution in [0.4, 0.5) is 5.82 Å². The van der Waals surface area contributed by atoms with Crippen molar-refractivity contribution in [2.24, 2.45) is 0 Å². The molecule has 0 aliphatic heterocycles. The van der Waals surface area contributed by atoms with E-state index in [1.807, 2.05) is 19.9 Å². The number of aromatic nitrogens is 1. The van der Waals surface area contributed by atoms with Gasteiger partial charge in [-0.15, -0.1) is 11.3 Å². The lowest BCUT2D eigenvalue weighted by Gasteiger charge is -2.02. The van der Waals surface area contributed by atoms with Gasteiger partial charge >= 0.3 is 5.97 Å². The van der Waals surface area contributed by atoms with Crippen LogP contribution in [0.5, 0.6) is 0 Å². The van der Waals surface area contributed by atoms with Gasteiger partial charge in [0.15, 0.2) is 0 Å². The highest BCUT2D eigenvalue weighted by Crippen LogP contribution is 2.22. The van der Waals surface area contributed by atoms with E-state index in [1.165, 1.54) is 29.7 Å². The molecule has 0 fully saturated rings. The fourth-order valence-electron chi connectivity index (χ4n) is 1.75. The van der Waals surface area contributed by atoms with Gasteiger partial charge in [-0.1, -0.05) is 6.92 Å². The van der Waals surface area contributed by atoms with Gasteiger partial charge in [-0.2, -0.15) is 0 Å². The van der Waals surface area contributed by atoms with Crippen LogP contribution in [0.2, 0.25) is 0 Å². The third kappa shape index (κ3) is 3.03. The molecule has 2 N–H and O–H groups in total. The second-order valence-corrected chi connectivity index (χ2v) is 5.49. The van der Waals surface area contributed by atoms with Gasteiger partial charge in [0, 0.05) is 11.1 Å². The van der Waals surface area contributed by atoms with E-state index in [2.05, 4.69) is 10.3 Å². The number of carboxylic acid groups (broad SMARTS) is 1. The second-order valence-electron chi connectivity index (χ2n) is 4.24. The highest BCUT2D eigenvalue weighted by atomic mass is 32.1. The molecule has 0 aliphatic carbocycles. The van der Waals surface area contributed by atoms with Crippen LogP contribution in [0, 0.1) is 6.92 Å². The number of rotatable bonds is 4. The minimum absolute atomic E-state index is 0.0863. The van der Waals surface area contributed by atoms with Gasteiger partial charge in [0.05, 0.1) is 10.4 Å². The molecular formula is C14H14N2O3S. The number of hydrogen-bond acceptors (Lipinski definition) is 4. The number of hydrogen-bond donors (Lipinski definition) is 2. The summed E-state index contributed by atoms with van der Waals surface area (Å²) in [4.78, 5) is 28.4. The third-order valence-electron chi connectivity index (χ3n) is 2.88. The van der Waals surface area contributed by atoms with E-state index >= 15 is 0 Å². The number of nitrogens with zero attached hydrogens (tertiary/aromatic N) is 1. The van der Waals surface area contributed by atoms with Gasteiger partial charge in [0.25, 0.3) is 5.91 Å². The summed E-state index contributed by atoms with van der Waals surface area (Å²) in [5, 5.41) is 11.4. The Balaban J connectivity index is 2.12. The van der Waals surface area contributed by atoms with E-state index in [9.17, 15) is 9.59 Å². The van der Waals surface area contributed by atoms with Crippen molar-refractivity contribution in [2.45, 2.75) is 20.3 Å². The summed E-state index contributed by atoms with van der Waals surface area (Å²) in [5.74, 6) is -0.936. The number of pyridine rings is 1. The summed E-state index contributed by atoms with van der Waals surface area (Å²) < 4.78 is 0. The molecule has 6 heteroatoms.